The molecule has 1 aliphatic heterocycles. The number of ketones is 1. The van der Waals surface area contributed by atoms with Crippen LogP contribution in [0.5, 0.6) is 0 Å². The summed E-state index contributed by atoms with van der Waals surface area (Å²) in [6, 6.07) is 0.725. The van der Waals surface area contributed by atoms with E-state index < -0.39 is 0 Å². The van der Waals surface area contributed by atoms with Crippen LogP contribution in [0.2, 0.25) is 0 Å². The van der Waals surface area contributed by atoms with E-state index >= 15 is 0 Å². The van der Waals surface area contributed by atoms with Crippen molar-refractivity contribution in [3.63, 3.8) is 0 Å². The number of carbonyl (C=O) groups excluding carboxylic acids is 1. The van der Waals surface area contributed by atoms with Crippen LogP contribution in [0.3, 0.4) is 0 Å². The Hall–Kier alpha value is -0.370. The summed E-state index contributed by atoms with van der Waals surface area (Å²) < 4.78 is 0. The van der Waals surface area contributed by atoms with Crippen molar-refractivity contribution < 1.29 is 4.79 Å². The monoisotopic (exact) mass is 113 g/mol. The molecule has 8 heavy (non-hydrogen) atoms. The molecular weight excluding hydrogens is 102 g/mol. The molecule has 1 aliphatic rings. The van der Waals surface area contributed by atoms with Gasteiger partial charge in [-0.15, -0.1) is 0 Å². The van der Waals surface area contributed by atoms with Crippen molar-refractivity contribution in [3.8, 4) is 0 Å². The van der Waals surface area contributed by atoms with E-state index in [0.29, 0.717) is 11.8 Å². The molecule has 0 spiro atoms. The highest BCUT2D eigenvalue weighted by atomic mass is 16.1. The minimum Gasteiger partial charge on any atom is -0.298 e. The number of Topliss-reactive ketones (excluding diaryl/α,β-unsaturated/α-hetero) is 1. The second-order valence-electron chi connectivity index (χ2n) is 2.46. The summed E-state index contributed by atoms with van der Waals surface area (Å²) in [5.41, 5.74) is 0. The van der Waals surface area contributed by atoms with Crippen LogP contribution >= 0.6 is 0 Å². The Morgan fingerprint density at radius 2 is 2.00 bits per heavy atom. The number of nitrogens with zero attached hydrogens (tertiary/aromatic N) is 1. The summed E-state index contributed by atoms with van der Waals surface area (Å²) in [6.45, 7) is 3.71. The number of carbonyl (C=O) groups is 1. The van der Waals surface area contributed by atoms with Gasteiger partial charge in [-0.2, -0.15) is 0 Å². The maximum absolute atomic E-state index is 10.6. The van der Waals surface area contributed by atoms with Crippen molar-refractivity contribution in [2.45, 2.75) is 25.9 Å². The van der Waals surface area contributed by atoms with Crippen LogP contribution in [0.1, 0.15) is 13.8 Å². The van der Waals surface area contributed by atoms with E-state index in [4.69, 9.17) is 0 Å². The number of hydrogen-bond acceptors (Lipinski definition) is 2. The summed E-state index contributed by atoms with van der Waals surface area (Å²) >= 11 is 0. The van der Waals surface area contributed by atoms with E-state index in [0.717, 1.165) is 0 Å². The smallest absolute Gasteiger partial charge is 0.148 e. The van der Waals surface area contributed by atoms with Crippen LogP contribution < -0.4 is 0 Å². The standard InChI is InChI=1S/C6H11NO/c1-4-6(5(2)8)7(4)3/h4,6H,1-3H3/t4-,6-,7?/m1/s1. The molecule has 1 heterocycles. The van der Waals surface area contributed by atoms with Crippen molar-refractivity contribution >= 4 is 5.78 Å². The highest BCUT2D eigenvalue weighted by Gasteiger charge is 2.43. The second-order valence-corrected chi connectivity index (χ2v) is 2.46. The molecule has 3 atom stereocenters. The predicted octanol–water partition coefficient (Wildman–Crippen LogP) is 0.278. The first-order valence-electron chi connectivity index (χ1n) is 2.87. The fraction of sp³-hybridized carbons (Fsp3) is 0.833. The average molecular weight is 113 g/mol. The number of hydrogen-bond donors (Lipinski definition) is 0. The van der Waals surface area contributed by atoms with Gasteiger partial charge in [-0.05, 0) is 20.9 Å². The Kier molecular flexibility index (Phi) is 1.12. The minimum atomic E-state index is 0.231. The summed E-state index contributed by atoms with van der Waals surface area (Å²) in [6.07, 6.45) is 0. The van der Waals surface area contributed by atoms with Gasteiger partial charge >= 0.3 is 0 Å². The van der Waals surface area contributed by atoms with Crippen LogP contribution in [0, 0.1) is 0 Å². The van der Waals surface area contributed by atoms with E-state index in [2.05, 4.69) is 11.8 Å². The van der Waals surface area contributed by atoms with Crippen molar-refractivity contribution in [2.24, 2.45) is 0 Å². The number of rotatable bonds is 1. The van der Waals surface area contributed by atoms with Gasteiger partial charge in [0.2, 0.25) is 0 Å². The van der Waals surface area contributed by atoms with Crippen LogP contribution in [0.25, 0.3) is 0 Å². The third-order valence-corrected chi connectivity index (χ3v) is 1.86. The topological polar surface area (TPSA) is 20.1 Å². The van der Waals surface area contributed by atoms with E-state index in [1.807, 2.05) is 7.05 Å². The molecule has 46 valence electrons. The molecule has 0 saturated carbocycles. The third kappa shape index (κ3) is 0.650. The molecule has 2 nitrogen and oxygen atoms in total. The van der Waals surface area contributed by atoms with Gasteiger partial charge in [-0.25, -0.2) is 0 Å². The van der Waals surface area contributed by atoms with Crippen molar-refractivity contribution in [1.29, 1.82) is 0 Å². The molecule has 0 amide bonds. The van der Waals surface area contributed by atoms with Crippen LogP contribution in [0.15, 0.2) is 0 Å². The van der Waals surface area contributed by atoms with E-state index in [1.54, 1.807) is 6.92 Å². The van der Waals surface area contributed by atoms with E-state index in [1.165, 1.54) is 0 Å². The van der Waals surface area contributed by atoms with E-state index in [-0.39, 0.29) is 6.04 Å². The molecule has 2 heteroatoms. The lowest BCUT2D eigenvalue weighted by molar-refractivity contribution is -0.117. The lowest BCUT2D eigenvalue weighted by Crippen LogP contribution is -2.05. The fourth-order valence-corrected chi connectivity index (χ4v) is 1.12. The van der Waals surface area contributed by atoms with Gasteiger partial charge in [0.1, 0.15) is 5.78 Å². The van der Waals surface area contributed by atoms with Gasteiger partial charge in [-0.1, -0.05) is 0 Å². The van der Waals surface area contributed by atoms with Crippen molar-refractivity contribution in [1.82, 2.24) is 4.90 Å². The van der Waals surface area contributed by atoms with Gasteiger partial charge in [-0.3, -0.25) is 9.69 Å². The molecule has 0 aliphatic carbocycles. The van der Waals surface area contributed by atoms with Crippen molar-refractivity contribution in [3.05, 3.63) is 0 Å². The molecule has 0 aromatic heterocycles. The first-order valence-corrected chi connectivity index (χ1v) is 2.87. The zero-order valence-electron chi connectivity index (χ0n) is 5.51. The van der Waals surface area contributed by atoms with Gasteiger partial charge in [0, 0.05) is 6.04 Å². The largest absolute Gasteiger partial charge is 0.298 e. The third-order valence-electron chi connectivity index (χ3n) is 1.86. The Morgan fingerprint density at radius 1 is 1.62 bits per heavy atom. The molecule has 0 aromatic carbocycles. The van der Waals surface area contributed by atoms with Crippen molar-refractivity contribution in [2.75, 3.05) is 7.05 Å². The summed E-state index contributed by atoms with van der Waals surface area (Å²) in [7, 11) is 1.97. The first-order chi connectivity index (χ1) is 3.64. The van der Waals surface area contributed by atoms with Gasteiger partial charge in [0.05, 0.1) is 6.04 Å². The Labute approximate surface area is 49.5 Å². The van der Waals surface area contributed by atoms with Gasteiger partial charge in [0.25, 0.3) is 0 Å². The van der Waals surface area contributed by atoms with Gasteiger partial charge in [0.15, 0.2) is 0 Å². The molecule has 0 N–H and O–H groups in total. The van der Waals surface area contributed by atoms with Crippen LogP contribution in [-0.2, 0) is 4.79 Å². The SMILES string of the molecule is CC(=O)[C@H]1[C@@H](C)N1C. The number of likely N-dealkylation sites (N-methyl/N-ethyl adjacent to an activating group) is 1. The van der Waals surface area contributed by atoms with Crippen LogP contribution in [0.4, 0.5) is 0 Å². The second kappa shape index (κ2) is 1.55. The maximum atomic E-state index is 10.6. The lowest BCUT2D eigenvalue weighted by atomic mass is 10.3. The summed E-state index contributed by atoms with van der Waals surface area (Å²) in [5.74, 6) is 0.292. The zero-order valence-corrected chi connectivity index (χ0v) is 5.51. The van der Waals surface area contributed by atoms with Gasteiger partial charge < -0.3 is 0 Å². The Balaban J connectivity index is 2.44. The molecule has 0 aromatic rings. The van der Waals surface area contributed by atoms with Crippen LogP contribution in [-0.4, -0.2) is 29.8 Å². The molecule has 0 bridgehead atoms. The molecule has 1 saturated heterocycles. The fourth-order valence-electron chi connectivity index (χ4n) is 1.12. The normalized spacial score (nSPS) is 44.1. The first kappa shape index (κ1) is 5.76. The molecule has 1 fully saturated rings. The molecular formula is C6H11NO. The molecule has 1 unspecified atom stereocenters. The highest BCUT2D eigenvalue weighted by Crippen LogP contribution is 2.24. The lowest BCUT2D eigenvalue weighted by Gasteiger charge is -1.83. The average Bonchev–Trinajstić information content (AvgIpc) is 2.15. The summed E-state index contributed by atoms with van der Waals surface area (Å²) in [5, 5.41) is 0. The minimum absolute atomic E-state index is 0.231. The quantitative estimate of drug-likeness (QED) is 0.455. The van der Waals surface area contributed by atoms with E-state index in [9.17, 15) is 4.79 Å². The summed E-state index contributed by atoms with van der Waals surface area (Å²) in [4.78, 5) is 12.6. The zero-order chi connectivity index (χ0) is 6.31. The Bertz CT molecular complexity index is 114. The highest BCUT2D eigenvalue weighted by molar-refractivity contribution is 5.85. The Morgan fingerprint density at radius 3 is 2.00 bits per heavy atom. The molecule has 1 rings (SSSR count). The predicted molar refractivity (Wildman–Crippen MR) is 31.7 cm³/mol. The maximum Gasteiger partial charge on any atom is 0.148 e. The molecule has 0 radical (unpaired) electrons.